The smallest absolute Gasteiger partial charge is 0.309 e. The number of aliphatic hydroxyl groups excluding tert-OH is 1. The number of carboxylic acids is 1. The molecule has 1 atom stereocenters. The first-order chi connectivity index (χ1) is 19.0. The number of aliphatic hydroxyl groups is 1. The molecule has 0 radical (unpaired) electrons. The summed E-state index contributed by atoms with van der Waals surface area (Å²) in [5.41, 5.74) is 8.43. The predicted molar refractivity (Wildman–Crippen MR) is 147 cm³/mol. The molecular weight excluding hydrogens is 515 g/mol. The number of nitrogens with zero attached hydrogens (tertiary/aromatic N) is 4. The average Bonchev–Trinajstić information content (AvgIpc) is 3.35. The molecule has 10 nitrogen and oxygen atoms in total. The lowest BCUT2D eigenvalue weighted by molar-refractivity contribution is -0.150. The maximum atomic E-state index is 13.7. The number of halogens is 1. The molecule has 0 saturated heterocycles. The normalized spacial score (nSPS) is 21.8. The SMILES string of the molecule is COc1ccc(F)cc1C(O)NCc1ccc(-c2nc(C3(C)CCC(C)(C(=O)O)CC3)n3ncnc(N)c23)cc1. The largest absolute Gasteiger partial charge is 0.496 e. The van der Waals surface area contributed by atoms with Gasteiger partial charge < -0.3 is 20.7 Å². The zero-order chi connectivity index (χ0) is 28.7. The van der Waals surface area contributed by atoms with Gasteiger partial charge in [0.05, 0.1) is 12.5 Å². The van der Waals surface area contributed by atoms with Crippen molar-refractivity contribution >= 4 is 17.3 Å². The Morgan fingerprint density at radius 2 is 1.88 bits per heavy atom. The molecule has 1 unspecified atom stereocenters. The molecule has 1 saturated carbocycles. The monoisotopic (exact) mass is 548 g/mol. The van der Waals surface area contributed by atoms with Crippen molar-refractivity contribution in [1.29, 1.82) is 0 Å². The number of nitrogens with one attached hydrogen (secondary N) is 1. The first kappa shape index (κ1) is 27.5. The molecule has 1 aliphatic carbocycles. The number of aliphatic carboxylic acids is 1. The molecule has 2 aromatic carbocycles. The number of nitrogen functional groups attached to an aromatic ring is 1. The molecule has 0 bridgehead atoms. The number of methoxy groups -OCH3 is 1. The van der Waals surface area contributed by atoms with Gasteiger partial charge in [-0.1, -0.05) is 31.2 Å². The maximum absolute atomic E-state index is 13.7. The van der Waals surface area contributed by atoms with Crippen LogP contribution in [0.25, 0.3) is 16.8 Å². The molecule has 1 fully saturated rings. The van der Waals surface area contributed by atoms with E-state index < -0.39 is 23.4 Å². The lowest BCUT2D eigenvalue weighted by Gasteiger charge is -2.39. The van der Waals surface area contributed by atoms with E-state index in [1.165, 1.54) is 31.6 Å². The third kappa shape index (κ3) is 4.98. The van der Waals surface area contributed by atoms with Gasteiger partial charge in [-0.2, -0.15) is 5.10 Å². The number of ether oxygens (including phenoxy) is 1. The van der Waals surface area contributed by atoms with Crippen molar-refractivity contribution in [3.05, 3.63) is 71.6 Å². The van der Waals surface area contributed by atoms with Gasteiger partial charge in [-0.25, -0.2) is 18.9 Å². The van der Waals surface area contributed by atoms with Crippen LogP contribution in [0, 0.1) is 11.2 Å². The van der Waals surface area contributed by atoms with Crippen LogP contribution in [0.4, 0.5) is 10.2 Å². The fourth-order valence-corrected chi connectivity index (χ4v) is 5.36. The Labute approximate surface area is 231 Å². The number of hydrogen-bond acceptors (Lipinski definition) is 8. The third-order valence-corrected chi connectivity index (χ3v) is 8.19. The summed E-state index contributed by atoms with van der Waals surface area (Å²) in [6.07, 6.45) is 2.67. The number of aromatic nitrogens is 4. The topological polar surface area (TPSA) is 148 Å². The van der Waals surface area contributed by atoms with Crippen molar-refractivity contribution < 1.29 is 24.1 Å². The molecule has 5 rings (SSSR count). The first-order valence-corrected chi connectivity index (χ1v) is 13.1. The van der Waals surface area contributed by atoms with Crippen molar-refractivity contribution in [2.24, 2.45) is 5.41 Å². The van der Waals surface area contributed by atoms with Gasteiger partial charge in [0.15, 0.2) is 5.82 Å². The highest BCUT2D eigenvalue weighted by Crippen LogP contribution is 2.47. The number of fused-ring (bicyclic) bond motifs is 1. The van der Waals surface area contributed by atoms with Gasteiger partial charge in [-0.05, 0) is 56.4 Å². The van der Waals surface area contributed by atoms with E-state index in [0.29, 0.717) is 60.6 Å². The quantitative estimate of drug-likeness (QED) is 0.238. The Bertz CT molecular complexity index is 1550. The van der Waals surface area contributed by atoms with Crippen LogP contribution in [0.3, 0.4) is 0 Å². The zero-order valence-electron chi connectivity index (χ0n) is 22.7. The number of benzene rings is 2. The zero-order valence-corrected chi connectivity index (χ0v) is 22.7. The van der Waals surface area contributed by atoms with Crippen LogP contribution in [0.5, 0.6) is 5.75 Å². The number of imidazole rings is 1. The van der Waals surface area contributed by atoms with Gasteiger partial charge in [0, 0.05) is 23.1 Å². The van der Waals surface area contributed by atoms with E-state index in [2.05, 4.69) is 22.3 Å². The van der Waals surface area contributed by atoms with E-state index in [0.717, 1.165) is 17.0 Å². The van der Waals surface area contributed by atoms with Crippen molar-refractivity contribution in [3.63, 3.8) is 0 Å². The summed E-state index contributed by atoms with van der Waals surface area (Å²) in [4.78, 5) is 21.0. The minimum atomic E-state index is -1.12. The highest BCUT2D eigenvalue weighted by molar-refractivity contribution is 5.85. The number of nitrogens with two attached hydrogens (primary N) is 1. The number of hydrogen-bond donors (Lipinski definition) is 4. The van der Waals surface area contributed by atoms with Crippen LogP contribution >= 0.6 is 0 Å². The summed E-state index contributed by atoms with van der Waals surface area (Å²) in [6.45, 7) is 4.22. The standard InChI is InChI=1S/C29H33FN6O4/c1-28(10-12-29(2,13-11-28)27(38)39)26-35-22(23-24(31)33-16-34-36(23)26)18-6-4-17(5-7-18)15-32-25(37)20-14-19(30)8-9-21(20)40-3/h4-9,14,16,25,32,37H,10-13,15H2,1-3H3,(H,38,39)(H2,31,33,34). The highest BCUT2D eigenvalue weighted by atomic mass is 19.1. The minimum absolute atomic E-state index is 0.302. The van der Waals surface area contributed by atoms with Crippen molar-refractivity contribution in [2.75, 3.05) is 12.8 Å². The van der Waals surface area contributed by atoms with E-state index in [4.69, 9.17) is 15.5 Å². The summed E-state index contributed by atoms with van der Waals surface area (Å²) in [7, 11) is 1.46. The lowest BCUT2D eigenvalue weighted by atomic mass is 9.65. The fraction of sp³-hybridized carbons (Fsp3) is 0.379. The third-order valence-electron chi connectivity index (χ3n) is 8.19. The van der Waals surface area contributed by atoms with Gasteiger partial charge >= 0.3 is 5.97 Å². The second kappa shape index (κ2) is 10.5. The van der Waals surface area contributed by atoms with E-state index in [-0.39, 0.29) is 5.41 Å². The van der Waals surface area contributed by atoms with Crippen LogP contribution in [0.1, 0.15) is 62.7 Å². The van der Waals surface area contributed by atoms with Crippen molar-refractivity contribution in [3.8, 4) is 17.0 Å². The molecule has 5 N–H and O–H groups in total. The van der Waals surface area contributed by atoms with Gasteiger partial charge in [-0.15, -0.1) is 0 Å². The number of rotatable bonds is 8. The minimum Gasteiger partial charge on any atom is -0.496 e. The lowest BCUT2D eigenvalue weighted by Crippen LogP contribution is -2.39. The molecular formula is C29H33FN6O4. The van der Waals surface area contributed by atoms with Crippen LogP contribution in [0.2, 0.25) is 0 Å². The Balaban J connectivity index is 1.40. The summed E-state index contributed by atoms with van der Waals surface area (Å²) < 4.78 is 20.7. The van der Waals surface area contributed by atoms with Crippen LogP contribution in [-0.2, 0) is 16.8 Å². The molecule has 0 aliphatic heterocycles. The first-order valence-electron chi connectivity index (χ1n) is 13.1. The fourth-order valence-electron chi connectivity index (χ4n) is 5.36. The molecule has 11 heteroatoms. The van der Waals surface area contributed by atoms with E-state index in [1.54, 1.807) is 11.4 Å². The Kier molecular flexibility index (Phi) is 7.19. The highest BCUT2D eigenvalue weighted by Gasteiger charge is 2.45. The molecule has 2 aromatic heterocycles. The van der Waals surface area contributed by atoms with Gasteiger partial charge in [0.1, 0.15) is 41.2 Å². The van der Waals surface area contributed by atoms with E-state index >= 15 is 0 Å². The van der Waals surface area contributed by atoms with Crippen LogP contribution in [0.15, 0.2) is 48.8 Å². The molecule has 1 aliphatic rings. The summed E-state index contributed by atoms with van der Waals surface area (Å²) >= 11 is 0. The molecule has 40 heavy (non-hydrogen) atoms. The Hall–Kier alpha value is -4.09. The van der Waals surface area contributed by atoms with E-state index in [1.807, 2.05) is 24.3 Å². The molecule has 210 valence electrons. The molecule has 4 aromatic rings. The summed E-state index contributed by atoms with van der Waals surface area (Å²) in [5, 5.41) is 27.7. The van der Waals surface area contributed by atoms with Crippen LogP contribution < -0.4 is 15.8 Å². The number of anilines is 1. The average molecular weight is 549 g/mol. The Morgan fingerprint density at radius 1 is 1.18 bits per heavy atom. The van der Waals surface area contributed by atoms with Crippen molar-refractivity contribution in [1.82, 2.24) is 24.9 Å². The predicted octanol–water partition coefficient (Wildman–Crippen LogP) is 4.22. The summed E-state index contributed by atoms with van der Waals surface area (Å²) in [5.74, 6) is 0.188. The van der Waals surface area contributed by atoms with Gasteiger partial charge in [-0.3, -0.25) is 10.1 Å². The summed E-state index contributed by atoms with van der Waals surface area (Å²) in [6, 6.07) is 11.6. The number of carboxylic acid groups (broad SMARTS) is 1. The molecule has 0 amide bonds. The van der Waals surface area contributed by atoms with Gasteiger partial charge in [0.25, 0.3) is 0 Å². The molecule has 2 heterocycles. The second-order valence-corrected chi connectivity index (χ2v) is 11.0. The maximum Gasteiger partial charge on any atom is 0.309 e. The second-order valence-electron chi connectivity index (χ2n) is 11.0. The Morgan fingerprint density at radius 3 is 2.52 bits per heavy atom. The van der Waals surface area contributed by atoms with Crippen molar-refractivity contribution in [2.45, 2.75) is 57.7 Å². The van der Waals surface area contributed by atoms with Gasteiger partial charge in [0.2, 0.25) is 0 Å². The van der Waals surface area contributed by atoms with Crippen LogP contribution in [-0.4, -0.2) is 42.9 Å². The van der Waals surface area contributed by atoms with E-state index in [9.17, 15) is 19.4 Å². The molecule has 0 spiro atoms. The number of carbonyl (C=O) groups is 1.